The maximum atomic E-state index is 13.0. The van der Waals surface area contributed by atoms with Crippen molar-refractivity contribution in [1.82, 2.24) is 9.55 Å². The average Bonchev–Trinajstić information content (AvgIpc) is 2.81. The van der Waals surface area contributed by atoms with Crippen LogP contribution in [0.4, 0.5) is 5.69 Å². The van der Waals surface area contributed by atoms with Crippen LogP contribution >= 0.6 is 12.2 Å². The lowest BCUT2D eigenvalue weighted by Crippen LogP contribution is -2.21. The van der Waals surface area contributed by atoms with Crippen molar-refractivity contribution in [1.29, 1.82) is 0 Å². The lowest BCUT2D eigenvalue weighted by molar-refractivity contribution is 0.102. The summed E-state index contributed by atoms with van der Waals surface area (Å²) in [6.45, 7) is 4.83. The van der Waals surface area contributed by atoms with E-state index < -0.39 is 0 Å². The summed E-state index contributed by atoms with van der Waals surface area (Å²) in [5.74, 6) is 1.54. The zero-order chi connectivity index (χ0) is 23.4. The second kappa shape index (κ2) is 9.70. The molecule has 0 saturated heterocycles. The van der Waals surface area contributed by atoms with Gasteiger partial charge in [-0.05, 0) is 80.7 Å². The Balaban J connectivity index is 1.58. The van der Waals surface area contributed by atoms with Gasteiger partial charge >= 0.3 is 0 Å². The minimum atomic E-state index is -0.335. The molecule has 168 valence electrons. The number of benzene rings is 3. The van der Waals surface area contributed by atoms with E-state index in [1.165, 1.54) is 4.57 Å². The summed E-state index contributed by atoms with van der Waals surface area (Å²) in [5.41, 5.74) is 1.24. The van der Waals surface area contributed by atoms with Crippen molar-refractivity contribution in [2.45, 2.75) is 20.4 Å². The Bertz CT molecular complexity index is 1420. The predicted molar refractivity (Wildman–Crippen MR) is 131 cm³/mol. The van der Waals surface area contributed by atoms with E-state index in [4.69, 9.17) is 21.7 Å². The van der Waals surface area contributed by atoms with E-state index in [2.05, 4.69) is 10.3 Å². The number of rotatable bonds is 7. The molecule has 0 saturated carbocycles. The Morgan fingerprint density at radius 2 is 1.76 bits per heavy atom. The van der Waals surface area contributed by atoms with E-state index in [1.807, 2.05) is 38.1 Å². The van der Waals surface area contributed by atoms with Gasteiger partial charge in [0.1, 0.15) is 11.5 Å². The number of carbonyl (C=O) groups excluding carboxylic acids is 1. The molecule has 0 fully saturated rings. The van der Waals surface area contributed by atoms with Gasteiger partial charge in [0.15, 0.2) is 10.5 Å². The molecule has 0 aliphatic carbocycles. The topological polar surface area (TPSA) is 85.3 Å². The third kappa shape index (κ3) is 4.80. The molecule has 4 aromatic rings. The summed E-state index contributed by atoms with van der Waals surface area (Å²) >= 11 is 5.26. The van der Waals surface area contributed by atoms with Crippen LogP contribution in [-0.2, 0) is 6.54 Å². The molecule has 7 nitrogen and oxygen atoms in total. The highest BCUT2D eigenvalue weighted by Gasteiger charge is 2.13. The number of amides is 1. The van der Waals surface area contributed by atoms with Gasteiger partial charge < -0.3 is 19.8 Å². The van der Waals surface area contributed by atoms with Gasteiger partial charge in [0.25, 0.3) is 11.5 Å². The fraction of sp³-hybridized carbons (Fsp3) is 0.160. The van der Waals surface area contributed by atoms with Crippen molar-refractivity contribution in [2.75, 3.05) is 11.9 Å². The standard InChI is InChI=1S/C25H23N3O4S/c1-3-28-24(30)19-14-9-16(15-21(19)27-25(28)33)23(29)26-20-7-5-6-8-22(20)32-18-12-10-17(11-13-18)31-4-2/h5-15H,3-4H2,1-2H3,(H,26,29)(H,27,33). The lowest BCUT2D eigenvalue weighted by Gasteiger charge is -2.13. The predicted octanol–water partition coefficient (Wildman–Crippen LogP) is 5.52. The first-order valence-corrected chi connectivity index (χ1v) is 11.0. The molecular weight excluding hydrogens is 438 g/mol. The minimum absolute atomic E-state index is 0.183. The van der Waals surface area contributed by atoms with Crippen molar-refractivity contribution in [2.24, 2.45) is 0 Å². The average molecular weight is 462 g/mol. The van der Waals surface area contributed by atoms with Gasteiger partial charge in [0, 0.05) is 12.1 Å². The number of carbonyl (C=O) groups is 1. The first-order valence-electron chi connectivity index (χ1n) is 10.6. The summed E-state index contributed by atoms with van der Waals surface area (Å²) in [7, 11) is 0. The zero-order valence-corrected chi connectivity index (χ0v) is 19.1. The molecule has 0 bridgehead atoms. The Labute approximate surface area is 195 Å². The molecule has 0 unspecified atom stereocenters. The van der Waals surface area contributed by atoms with Crippen molar-refractivity contribution >= 4 is 34.7 Å². The van der Waals surface area contributed by atoms with E-state index >= 15 is 0 Å². The van der Waals surface area contributed by atoms with Crippen LogP contribution in [0, 0.1) is 4.77 Å². The largest absolute Gasteiger partial charge is 0.494 e. The molecule has 1 aromatic heterocycles. The zero-order valence-electron chi connectivity index (χ0n) is 18.3. The van der Waals surface area contributed by atoms with Crippen molar-refractivity contribution in [3.8, 4) is 17.2 Å². The molecule has 33 heavy (non-hydrogen) atoms. The van der Waals surface area contributed by atoms with Crippen LogP contribution < -0.4 is 20.3 Å². The number of nitrogens with zero attached hydrogens (tertiary/aromatic N) is 1. The SMILES string of the molecule is CCOc1ccc(Oc2ccccc2NC(=O)c2ccc3c(=O)n(CC)c(=S)[nH]c3c2)cc1. The number of fused-ring (bicyclic) bond motifs is 1. The summed E-state index contributed by atoms with van der Waals surface area (Å²) in [6, 6.07) is 19.3. The molecule has 0 atom stereocenters. The van der Waals surface area contributed by atoms with Crippen LogP contribution in [0.3, 0.4) is 0 Å². The summed E-state index contributed by atoms with van der Waals surface area (Å²) in [6.07, 6.45) is 0. The number of H-pyrrole nitrogens is 1. The lowest BCUT2D eigenvalue weighted by atomic mass is 10.1. The summed E-state index contributed by atoms with van der Waals surface area (Å²) < 4.78 is 13.2. The molecule has 3 aromatic carbocycles. The molecular formula is C25H23N3O4S. The van der Waals surface area contributed by atoms with E-state index in [0.29, 0.717) is 51.6 Å². The number of aromatic nitrogens is 2. The summed E-state index contributed by atoms with van der Waals surface area (Å²) in [5, 5.41) is 3.36. The molecule has 0 aliphatic heterocycles. The first-order chi connectivity index (χ1) is 16.0. The van der Waals surface area contributed by atoms with E-state index in [1.54, 1.807) is 42.5 Å². The van der Waals surface area contributed by atoms with Crippen LogP contribution in [-0.4, -0.2) is 22.1 Å². The first kappa shape index (κ1) is 22.3. The monoisotopic (exact) mass is 461 g/mol. The minimum Gasteiger partial charge on any atom is -0.494 e. The van der Waals surface area contributed by atoms with Gasteiger partial charge in [-0.1, -0.05) is 12.1 Å². The highest BCUT2D eigenvalue weighted by molar-refractivity contribution is 7.71. The maximum Gasteiger partial charge on any atom is 0.262 e. The molecule has 0 radical (unpaired) electrons. The van der Waals surface area contributed by atoms with Crippen LogP contribution in [0.2, 0.25) is 0 Å². The highest BCUT2D eigenvalue weighted by atomic mass is 32.1. The Kier molecular flexibility index (Phi) is 6.55. The molecule has 1 heterocycles. The number of hydrogen-bond acceptors (Lipinski definition) is 5. The highest BCUT2D eigenvalue weighted by Crippen LogP contribution is 2.30. The normalized spacial score (nSPS) is 10.7. The molecule has 2 N–H and O–H groups in total. The molecule has 0 aliphatic rings. The third-order valence-electron chi connectivity index (χ3n) is 5.06. The number of nitrogens with one attached hydrogen (secondary N) is 2. The number of aromatic amines is 1. The molecule has 8 heteroatoms. The van der Waals surface area contributed by atoms with E-state index in [-0.39, 0.29) is 11.5 Å². The number of para-hydroxylation sites is 2. The van der Waals surface area contributed by atoms with Gasteiger partial charge in [0.2, 0.25) is 0 Å². The smallest absolute Gasteiger partial charge is 0.262 e. The summed E-state index contributed by atoms with van der Waals surface area (Å²) in [4.78, 5) is 28.6. The number of hydrogen-bond donors (Lipinski definition) is 2. The molecule has 0 spiro atoms. The van der Waals surface area contributed by atoms with Crippen molar-refractivity contribution in [3.63, 3.8) is 0 Å². The second-order valence-corrected chi connectivity index (χ2v) is 7.58. The molecule has 4 rings (SSSR count). The van der Waals surface area contributed by atoms with Crippen LogP contribution in [0.25, 0.3) is 10.9 Å². The Hall–Kier alpha value is -3.91. The van der Waals surface area contributed by atoms with Gasteiger partial charge in [-0.25, -0.2) is 0 Å². The molecule has 1 amide bonds. The fourth-order valence-corrected chi connectivity index (χ4v) is 3.76. The van der Waals surface area contributed by atoms with E-state index in [9.17, 15) is 9.59 Å². The number of anilines is 1. The Morgan fingerprint density at radius 3 is 2.48 bits per heavy atom. The van der Waals surface area contributed by atoms with Crippen LogP contribution in [0.15, 0.2) is 71.5 Å². The fourth-order valence-electron chi connectivity index (χ4n) is 3.43. The quantitative estimate of drug-likeness (QED) is 0.354. The van der Waals surface area contributed by atoms with Gasteiger partial charge in [-0.2, -0.15) is 0 Å². The van der Waals surface area contributed by atoms with E-state index in [0.717, 1.165) is 5.75 Å². The van der Waals surface area contributed by atoms with Crippen molar-refractivity contribution in [3.05, 3.63) is 87.4 Å². The van der Waals surface area contributed by atoms with Gasteiger partial charge in [-0.3, -0.25) is 14.2 Å². The number of ether oxygens (including phenoxy) is 2. The maximum absolute atomic E-state index is 13.0. The van der Waals surface area contributed by atoms with Crippen molar-refractivity contribution < 1.29 is 14.3 Å². The third-order valence-corrected chi connectivity index (χ3v) is 5.38. The Morgan fingerprint density at radius 1 is 1.03 bits per heavy atom. The van der Waals surface area contributed by atoms with Crippen LogP contribution in [0.1, 0.15) is 24.2 Å². The second-order valence-electron chi connectivity index (χ2n) is 7.20. The van der Waals surface area contributed by atoms with Crippen LogP contribution in [0.5, 0.6) is 17.2 Å². The van der Waals surface area contributed by atoms with Gasteiger partial charge in [-0.15, -0.1) is 0 Å². The van der Waals surface area contributed by atoms with Gasteiger partial charge in [0.05, 0.1) is 23.2 Å².